The maximum atomic E-state index is 14.3. The first-order valence-corrected chi connectivity index (χ1v) is 16.1. The van der Waals surface area contributed by atoms with Crippen molar-refractivity contribution >= 4 is 52.0 Å². The number of carbonyl (C=O) groups is 2. The molecule has 10 nitrogen and oxygen atoms in total. The molecule has 1 amide bonds. The molecule has 46 heavy (non-hydrogen) atoms. The smallest absolute Gasteiger partial charge is 0.859 e. The van der Waals surface area contributed by atoms with Crippen LogP contribution in [-0.4, -0.2) is 50.7 Å². The molecule has 5 rings (SSSR count). The molecule has 0 aromatic heterocycles. The largest absolute Gasteiger partial charge is 1.00 e. The maximum absolute atomic E-state index is 14.3. The molecule has 0 bridgehead atoms. The van der Waals surface area contributed by atoms with Crippen LogP contribution in [0.15, 0.2) is 71.9 Å². The van der Waals surface area contributed by atoms with E-state index in [1.165, 1.54) is 12.1 Å². The van der Waals surface area contributed by atoms with E-state index in [0.29, 0.717) is 40.1 Å². The van der Waals surface area contributed by atoms with Crippen molar-refractivity contribution in [2.45, 2.75) is 56.3 Å². The van der Waals surface area contributed by atoms with Gasteiger partial charge in [-0.2, -0.15) is 0 Å². The Bertz CT molecular complexity index is 1600. The summed E-state index contributed by atoms with van der Waals surface area (Å²) in [5, 5.41) is 29.9. The molecule has 3 aromatic rings. The van der Waals surface area contributed by atoms with Crippen LogP contribution in [0, 0.1) is 0 Å². The number of nitrogens with one attached hydrogen (secondary N) is 1. The third-order valence-corrected chi connectivity index (χ3v) is 9.07. The van der Waals surface area contributed by atoms with Crippen molar-refractivity contribution in [1.29, 1.82) is 0 Å². The van der Waals surface area contributed by atoms with E-state index < -0.39 is 34.8 Å². The summed E-state index contributed by atoms with van der Waals surface area (Å²) in [6, 6.07) is 16.3. The molecule has 2 aliphatic rings. The summed E-state index contributed by atoms with van der Waals surface area (Å²) in [5.74, 6) is -3.23. The van der Waals surface area contributed by atoms with Gasteiger partial charge in [0.05, 0.1) is 23.0 Å². The van der Waals surface area contributed by atoms with Gasteiger partial charge >= 0.3 is 59.1 Å². The zero-order valence-corrected chi connectivity index (χ0v) is 32.0. The van der Waals surface area contributed by atoms with Crippen LogP contribution in [0.5, 0.6) is 0 Å². The minimum Gasteiger partial charge on any atom is -0.859 e. The Kier molecular flexibility index (Phi) is 16.2. The summed E-state index contributed by atoms with van der Waals surface area (Å²) in [7, 11) is -1.33. The first-order valence-electron chi connectivity index (χ1n) is 13.8. The third kappa shape index (κ3) is 9.15. The summed E-state index contributed by atoms with van der Waals surface area (Å²) < 4.78 is 15.4. The fraction of sp³-hybridized carbons (Fsp3) is 0.323. The Morgan fingerprint density at radius 2 is 1.74 bits per heavy atom. The minimum atomic E-state index is -1.33. The molecule has 0 spiro atoms. The van der Waals surface area contributed by atoms with Crippen LogP contribution in [-0.2, 0) is 22.4 Å². The maximum Gasteiger partial charge on any atom is 1.00 e. The van der Waals surface area contributed by atoms with Crippen molar-refractivity contribution in [3.05, 3.63) is 105 Å². The molecule has 0 radical (unpaired) electrons. The standard InChI is InChI=1S/C31H31Cl2N3O6S.2Na.H2O/c1-43(41)35-25-11-4-5-12-26(25)36-28(23-14-13-20(32)16-24(23)33)27(21-9-2-3-10-22(21)30(36)38)29(37)34-42-17-18-7-6-8-19(15-18)31(39)40;;;/h2-3,6-10,13-16,25-28,35H,4-5,11-12,17H2,1H3,(H,34,37)(H,39,40);;;1H2/q;2*+1;/p-2/t25-,26-,27+,28-,43?;;;/m1.../s1. The summed E-state index contributed by atoms with van der Waals surface area (Å²) in [5.41, 5.74) is 1.83. The quantitative estimate of drug-likeness (QED) is 0.107. The second-order valence-electron chi connectivity index (χ2n) is 10.6. The SMILES string of the molecule is CS(=O)N[C@@H]1CCCC[C@H]1N1C(=O)c2ccccc2[C@H](C([O-])=NOCc2cccc(C(=O)[O-])c2)[C@H]1c1ccc(Cl)cc1Cl.O.[Na+].[Na+]. The van der Waals surface area contributed by atoms with Crippen LogP contribution in [0.25, 0.3) is 0 Å². The van der Waals surface area contributed by atoms with Gasteiger partial charge in [0, 0.05) is 45.8 Å². The zero-order chi connectivity index (χ0) is 30.7. The third-order valence-electron chi connectivity index (χ3n) is 7.88. The Labute approximate surface area is 324 Å². The number of fused-ring (bicyclic) bond motifs is 1. The monoisotopic (exact) mass is 705 g/mol. The molecule has 234 valence electrons. The van der Waals surface area contributed by atoms with Crippen LogP contribution < -0.4 is 74.0 Å². The van der Waals surface area contributed by atoms with Gasteiger partial charge in [0.15, 0.2) is 0 Å². The molecule has 1 aliphatic carbocycles. The van der Waals surface area contributed by atoms with Crippen molar-refractivity contribution in [2.75, 3.05) is 6.26 Å². The summed E-state index contributed by atoms with van der Waals surface area (Å²) in [4.78, 5) is 32.7. The molecular weight excluding hydrogens is 675 g/mol. The molecule has 15 heteroatoms. The van der Waals surface area contributed by atoms with E-state index >= 15 is 0 Å². The molecule has 5 atom stereocenters. The van der Waals surface area contributed by atoms with E-state index in [-0.39, 0.29) is 99.8 Å². The molecule has 1 unspecified atom stereocenters. The molecule has 3 aromatic carbocycles. The Hall–Kier alpha value is -1.48. The molecule has 1 saturated carbocycles. The average Bonchev–Trinajstić information content (AvgIpc) is 2.97. The topological polar surface area (TPSA) is 166 Å². The van der Waals surface area contributed by atoms with Gasteiger partial charge in [0.25, 0.3) is 5.91 Å². The molecule has 1 fully saturated rings. The number of benzene rings is 3. The summed E-state index contributed by atoms with van der Waals surface area (Å²) in [6.45, 7) is -0.160. The van der Waals surface area contributed by atoms with Crippen molar-refractivity contribution < 1.29 is 93.4 Å². The average molecular weight is 707 g/mol. The Morgan fingerprint density at radius 1 is 1.02 bits per heavy atom. The predicted octanol–water partition coefficient (Wildman–Crippen LogP) is -3.09. The zero-order valence-electron chi connectivity index (χ0n) is 25.7. The van der Waals surface area contributed by atoms with Crippen molar-refractivity contribution in [3.8, 4) is 0 Å². The van der Waals surface area contributed by atoms with E-state index in [1.54, 1.807) is 65.8 Å². The number of halogens is 2. The summed E-state index contributed by atoms with van der Waals surface area (Å²) in [6.07, 6.45) is 4.64. The summed E-state index contributed by atoms with van der Waals surface area (Å²) >= 11 is 13.0. The van der Waals surface area contributed by atoms with Crippen LogP contribution in [0.4, 0.5) is 0 Å². The second-order valence-corrected chi connectivity index (χ2v) is 12.6. The van der Waals surface area contributed by atoms with Gasteiger partial charge < -0.3 is 30.2 Å². The first kappa shape index (κ1) is 40.7. The van der Waals surface area contributed by atoms with E-state index in [2.05, 4.69) is 9.88 Å². The van der Waals surface area contributed by atoms with Crippen LogP contribution in [0.2, 0.25) is 10.0 Å². The van der Waals surface area contributed by atoms with Crippen LogP contribution in [0.1, 0.15) is 75.0 Å². The van der Waals surface area contributed by atoms with E-state index in [0.717, 1.165) is 12.8 Å². The fourth-order valence-electron chi connectivity index (χ4n) is 6.06. The number of amides is 1. The number of carboxylic acid groups (broad SMARTS) is 1. The van der Waals surface area contributed by atoms with Gasteiger partial charge in [-0.1, -0.05) is 78.5 Å². The molecule has 1 aliphatic heterocycles. The number of carbonyl (C=O) groups excluding carboxylic acids is 2. The number of oxime groups is 1. The predicted molar refractivity (Wildman–Crippen MR) is 164 cm³/mol. The Balaban J connectivity index is 0.00000245. The van der Waals surface area contributed by atoms with Crippen LogP contribution in [0.3, 0.4) is 0 Å². The molecule has 1 heterocycles. The van der Waals surface area contributed by atoms with E-state index in [1.807, 2.05) is 0 Å². The van der Waals surface area contributed by atoms with Crippen molar-refractivity contribution in [2.24, 2.45) is 5.16 Å². The van der Waals surface area contributed by atoms with E-state index in [9.17, 15) is 24.0 Å². The number of aromatic carboxylic acids is 1. The molecule has 0 saturated heterocycles. The van der Waals surface area contributed by atoms with E-state index in [4.69, 9.17) is 28.0 Å². The van der Waals surface area contributed by atoms with Crippen molar-refractivity contribution in [1.82, 2.24) is 9.62 Å². The van der Waals surface area contributed by atoms with Crippen molar-refractivity contribution in [3.63, 3.8) is 0 Å². The van der Waals surface area contributed by atoms with Gasteiger partial charge in [-0.25, -0.2) is 8.93 Å². The fourth-order valence-corrected chi connectivity index (χ4v) is 7.29. The number of carboxylic acids is 1. The normalized spacial score (nSPS) is 21.5. The van der Waals surface area contributed by atoms with Gasteiger partial charge in [-0.3, -0.25) is 4.79 Å². The number of nitrogens with zero attached hydrogens (tertiary/aromatic N) is 2. The number of hydrogen-bond acceptors (Lipinski definition) is 7. The minimum absolute atomic E-state index is 0. The second kappa shape index (κ2) is 18.3. The molecular formula is C31H31Cl2N3Na2O7S. The first-order chi connectivity index (χ1) is 20.7. The number of rotatable bonds is 9. The molecule has 3 N–H and O–H groups in total. The van der Waals surface area contributed by atoms with Gasteiger partial charge in [-0.05, 0) is 59.4 Å². The van der Waals surface area contributed by atoms with Gasteiger partial charge in [0.1, 0.15) is 6.61 Å². The van der Waals surface area contributed by atoms with Gasteiger partial charge in [-0.15, -0.1) is 5.16 Å². The van der Waals surface area contributed by atoms with Gasteiger partial charge in [0.2, 0.25) is 0 Å². The van der Waals surface area contributed by atoms with Crippen LogP contribution >= 0.6 is 23.2 Å². The number of hydrogen-bond donors (Lipinski definition) is 1. The Morgan fingerprint density at radius 3 is 2.43 bits per heavy atom.